The summed E-state index contributed by atoms with van der Waals surface area (Å²) >= 11 is 2.23. The molecule has 1 aliphatic heterocycles. The lowest BCUT2D eigenvalue weighted by Crippen LogP contribution is -2.31. The van der Waals surface area contributed by atoms with Crippen molar-refractivity contribution in [2.75, 3.05) is 0 Å². The molecule has 0 aliphatic carbocycles. The fraction of sp³-hybridized carbons (Fsp3) is 0.357. The third-order valence-electron chi connectivity index (χ3n) is 2.96. The number of rotatable bonds is 5. The average Bonchev–Trinajstić information content (AvgIpc) is 2.73. The molecule has 1 saturated heterocycles. The molecule has 0 spiro atoms. The van der Waals surface area contributed by atoms with Gasteiger partial charge in [0.15, 0.2) is 0 Å². The molecule has 0 N–H and O–H groups in total. The zero-order chi connectivity index (χ0) is 14.5. The van der Waals surface area contributed by atoms with Gasteiger partial charge in [-0.15, -0.1) is 5.06 Å². The maximum absolute atomic E-state index is 11.6. The Kier molecular flexibility index (Phi) is 5.11. The second-order valence-electron chi connectivity index (χ2n) is 4.53. The van der Waals surface area contributed by atoms with Gasteiger partial charge in [-0.3, -0.25) is 9.59 Å². The Morgan fingerprint density at radius 1 is 1.15 bits per heavy atom. The summed E-state index contributed by atoms with van der Waals surface area (Å²) in [6.45, 7) is 0. The van der Waals surface area contributed by atoms with Crippen LogP contribution >= 0.6 is 22.6 Å². The zero-order valence-corrected chi connectivity index (χ0v) is 13.0. The van der Waals surface area contributed by atoms with Crippen molar-refractivity contribution in [3.8, 4) is 0 Å². The number of halogens is 1. The summed E-state index contributed by atoms with van der Waals surface area (Å²) in [4.78, 5) is 38.9. The predicted octanol–water partition coefficient (Wildman–Crippen LogP) is 2.22. The van der Waals surface area contributed by atoms with Gasteiger partial charge in [0.25, 0.3) is 11.8 Å². The number of nitrogens with zero attached hydrogens (tertiary/aromatic N) is 1. The fourth-order valence-corrected chi connectivity index (χ4v) is 2.25. The van der Waals surface area contributed by atoms with Gasteiger partial charge in [-0.05, 0) is 53.1 Å². The Hall–Kier alpha value is -1.44. The van der Waals surface area contributed by atoms with Crippen LogP contribution in [0.15, 0.2) is 24.3 Å². The molecule has 6 heteroatoms. The Balaban J connectivity index is 1.74. The minimum atomic E-state index is -0.542. The Morgan fingerprint density at radius 3 is 2.35 bits per heavy atom. The molecule has 1 fully saturated rings. The molecule has 2 rings (SSSR count). The highest BCUT2D eigenvalue weighted by atomic mass is 125. The lowest BCUT2D eigenvalue weighted by Gasteiger charge is -2.12. The molecule has 106 valence electrons. The summed E-state index contributed by atoms with van der Waals surface area (Å²) in [5.41, 5.74) is 1.14. The van der Waals surface area contributed by atoms with E-state index in [9.17, 15) is 14.4 Å². The highest BCUT2D eigenvalue weighted by molar-refractivity contribution is 14.1. The van der Waals surface area contributed by atoms with Gasteiger partial charge in [0, 0.05) is 22.8 Å². The van der Waals surface area contributed by atoms with Crippen LogP contribution in [-0.4, -0.2) is 22.8 Å². The van der Waals surface area contributed by atoms with Crippen LogP contribution in [0, 0.1) is 3.57 Å². The third kappa shape index (κ3) is 4.03. The van der Waals surface area contributed by atoms with E-state index in [-0.39, 0.29) is 19.3 Å². The molecule has 1 aliphatic rings. The number of carbonyl (C=O) groups excluding carboxylic acids is 3. The van der Waals surface area contributed by atoms with Crippen LogP contribution < -0.4 is 0 Å². The van der Waals surface area contributed by atoms with E-state index in [1.54, 1.807) is 0 Å². The fourth-order valence-electron chi connectivity index (χ4n) is 1.89. The highest BCUT2D eigenvalue weighted by Gasteiger charge is 2.32. The van der Waals surface area contributed by atoms with Gasteiger partial charge in [0.05, 0.1) is 0 Å². The van der Waals surface area contributed by atoms with E-state index in [1.807, 2.05) is 24.3 Å². The normalized spacial score (nSPS) is 14.8. The molecule has 1 aromatic carbocycles. The van der Waals surface area contributed by atoms with Gasteiger partial charge < -0.3 is 4.84 Å². The summed E-state index contributed by atoms with van der Waals surface area (Å²) in [6.07, 6.45) is 1.80. The summed E-state index contributed by atoms with van der Waals surface area (Å²) < 4.78 is 1.16. The lowest BCUT2D eigenvalue weighted by molar-refractivity contribution is -0.197. The first-order valence-electron chi connectivity index (χ1n) is 6.37. The number of amides is 2. The zero-order valence-electron chi connectivity index (χ0n) is 10.8. The van der Waals surface area contributed by atoms with E-state index >= 15 is 0 Å². The van der Waals surface area contributed by atoms with Crippen LogP contribution in [0.25, 0.3) is 0 Å². The Labute approximate surface area is 130 Å². The molecular weight excluding hydrogens is 371 g/mol. The standard InChI is InChI=1S/C14H14INO4/c15-11-6-4-10(5-7-11)2-1-3-14(19)20-16-12(17)8-9-13(16)18/h4-7H,1-3,8-9H2/i15-2. The van der Waals surface area contributed by atoms with Crippen molar-refractivity contribution >= 4 is 40.4 Å². The van der Waals surface area contributed by atoms with Crippen molar-refractivity contribution in [3.63, 3.8) is 0 Å². The number of benzene rings is 1. The van der Waals surface area contributed by atoms with E-state index in [0.717, 1.165) is 15.6 Å². The first-order valence-corrected chi connectivity index (χ1v) is 7.45. The maximum Gasteiger partial charge on any atom is 0.333 e. The van der Waals surface area contributed by atoms with Gasteiger partial charge in [-0.25, -0.2) is 4.79 Å². The second kappa shape index (κ2) is 6.83. The summed E-state index contributed by atoms with van der Waals surface area (Å²) in [6, 6.07) is 8.05. The lowest BCUT2D eigenvalue weighted by atomic mass is 10.1. The molecule has 1 heterocycles. The molecule has 0 bridgehead atoms. The largest absolute Gasteiger partial charge is 0.333 e. The van der Waals surface area contributed by atoms with Crippen molar-refractivity contribution in [1.29, 1.82) is 0 Å². The SMILES string of the molecule is O=C(CCCc1ccc([125I])cc1)ON1C(=O)CCC1=O. The van der Waals surface area contributed by atoms with Gasteiger partial charge in [0.2, 0.25) is 0 Å². The van der Waals surface area contributed by atoms with Crippen molar-refractivity contribution in [1.82, 2.24) is 5.06 Å². The number of hydrogen-bond donors (Lipinski definition) is 0. The molecule has 2 amide bonds. The minimum Gasteiger partial charge on any atom is -0.330 e. The molecule has 0 unspecified atom stereocenters. The van der Waals surface area contributed by atoms with Crippen molar-refractivity contribution in [2.24, 2.45) is 0 Å². The van der Waals surface area contributed by atoms with Gasteiger partial charge in [-0.2, -0.15) is 0 Å². The van der Waals surface area contributed by atoms with E-state index in [1.165, 1.54) is 0 Å². The van der Waals surface area contributed by atoms with E-state index in [0.29, 0.717) is 11.5 Å². The molecule has 0 saturated carbocycles. The summed E-state index contributed by atoms with van der Waals surface area (Å²) in [5.74, 6) is -1.43. The molecule has 20 heavy (non-hydrogen) atoms. The second-order valence-corrected chi connectivity index (χ2v) is 5.77. The number of imide groups is 1. The van der Waals surface area contributed by atoms with E-state index < -0.39 is 17.8 Å². The molecular formula is C14H14INO4. The highest BCUT2D eigenvalue weighted by Crippen LogP contribution is 2.14. The quantitative estimate of drug-likeness (QED) is 0.576. The summed E-state index contributed by atoms with van der Waals surface area (Å²) in [7, 11) is 0. The maximum atomic E-state index is 11.6. The monoisotopic (exact) mass is 385 g/mol. The predicted molar refractivity (Wildman–Crippen MR) is 79.3 cm³/mol. The molecule has 0 atom stereocenters. The smallest absolute Gasteiger partial charge is 0.330 e. The minimum absolute atomic E-state index is 0.120. The van der Waals surface area contributed by atoms with Crippen molar-refractivity contribution in [2.45, 2.75) is 32.1 Å². The summed E-state index contributed by atoms with van der Waals surface area (Å²) in [5, 5.41) is 0.590. The first-order chi connectivity index (χ1) is 9.56. The third-order valence-corrected chi connectivity index (χ3v) is 3.68. The first kappa shape index (κ1) is 15.0. The Morgan fingerprint density at radius 2 is 1.75 bits per heavy atom. The number of hydrogen-bond acceptors (Lipinski definition) is 4. The van der Waals surface area contributed by atoms with Crippen LogP contribution in [-0.2, 0) is 25.6 Å². The van der Waals surface area contributed by atoms with Crippen LogP contribution in [0.1, 0.15) is 31.2 Å². The molecule has 5 nitrogen and oxygen atoms in total. The van der Waals surface area contributed by atoms with Gasteiger partial charge in [-0.1, -0.05) is 12.1 Å². The van der Waals surface area contributed by atoms with Crippen LogP contribution in [0.3, 0.4) is 0 Å². The molecule has 0 radical (unpaired) electrons. The van der Waals surface area contributed by atoms with Crippen LogP contribution in [0.5, 0.6) is 0 Å². The van der Waals surface area contributed by atoms with Crippen molar-refractivity contribution in [3.05, 3.63) is 33.4 Å². The molecule has 0 aromatic heterocycles. The van der Waals surface area contributed by atoms with Gasteiger partial charge >= 0.3 is 5.97 Å². The average molecular weight is 385 g/mol. The topological polar surface area (TPSA) is 63.7 Å². The number of carbonyl (C=O) groups is 3. The van der Waals surface area contributed by atoms with Crippen LogP contribution in [0.2, 0.25) is 0 Å². The van der Waals surface area contributed by atoms with E-state index in [4.69, 9.17) is 4.84 Å². The Bertz CT molecular complexity index is 510. The van der Waals surface area contributed by atoms with E-state index in [2.05, 4.69) is 22.6 Å². The molecule has 1 aromatic rings. The number of aryl methyl sites for hydroxylation is 1. The number of hydroxylamine groups is 2. The van der Waals surface area contributed by atoms with Crippen molar-refractivity contribution < 1.29 is 19.2 Å². The van der Waals surface area contributed by atoms with Gasteiger partial charge in [0.1, 0.15) is 0 Å². The van der Waals surface area contributed by atoms with Crippen LogP contribution in [0.4, 0.5) is 0 Å².